The molecular weight excluding hydrogens is 245 g/mol. The normalized spacial score (nSPS) is 12.7. The van der Waals surface area contributed by atoms with Crippen molar-refractivity contribution < 1.29 is 4.39 Å². The molecule has 1 aromatic heterocycles. The number of fused-ring (bicyclic) bond motifs is 1. The highest BCUT2D eigenvalue weighted by Gasteiger charge is 2.13. The van der Waals surface area contributed by atoms with E-state index in [4.69, 9.17) is 5.73 Å². The van der Waals surface area contributed by atoms with Crippen LogP contribution in [0.3, 0.4) is 0 Å². The Morgan fingerprint density at radius 3 is 2.58 bits per heavy atom. The molecule has 4 N–H and O–H groups in total. The monoisotopic (exact) mass is 257 g/mol. The Hall–Kier alpha value is -2.40. The van der Waals surface area contributed by atoms with Gasteiger partial charge in [0.25, 0.3) is 0 Å². The average molecular weight is 257 g/mol. The van der Waals surface area contributed by atoms with Crippen molar-refractivity contribution in [2.75, 3.05) is 0 Å². The highest BCUT2D eigenvalue weighted by molar-refractivity contribution is 5.75. The van der Waals surface area contributed by atoms with Crippen LogP contribution in [0.5, 0.6) is 0 Å². The Morgan fingerprint density at radius 1 is 1.05 bits per heavy atom. The van der Waals surface area contributed by atoms with E-state index in [2.05, 4.69) is 9.97 Å². The summed E-state index contributed by atoms with van der Waals surface area (Å²) in [5.41, 5.74) is 8.34. The lowest BCUT2D eigenvalue weighted by Gasteiger charge is -2.13. The van der Waals surface area contributed by atoms with Crippen molar-refractivity contribution >= 4 is 11.0 Å². The maximum Gasteiger partial charge on any atom is 0.323 e. The van der Waals surface area contributed by atoms with E-state index >= 15 is 0 Å². The number of hydrogen-bond acceptors (Lipinski definition) is 2. The molecule has 0 amide bonds. The number of nitrogens with one attached hydrogen (secondary N) is 2. The summed E-state index contributed by atoms with van der Waals surface area (Å²) < 4.78 is 13.7. The third-order valence-electron chi connectivity index (χ3n) is 3.14. The van der Waals surface area contributed by atoms with Gasteiger partial charge < -0.3 is 15.7 Å². The Balaban J connectivity index is 2.08. The summed E-state index contributed by atoms with van der Waals surface area (Å²) in [6.07, 6.45) is 0. The first-order valence-corrected chi connectivity index (χ1v) is 5.87. The number of H-pyrrole nitrogens is 2. The molecule has 3 rings (SSSR count). The van der Waals surface area contributed by atoms with E-state index < -0.39 is 6.04 Å². The van der Waals surface area contributed by atoms with Crippen molar-refractivity contribution in [2.45, 2.75) is 6.04 Å². The van der Waals surface area contributed by atoms with E-state index in [1.165, 1.54) is 6.07 Å². The summed E-state index contributed by atoms with van der Waals surface area (Å²) in [6.45, 7) is 0. The lowest BCUT2D eigenvalue weighted by molar-refractivity contribution is 0.600. The van der Waals surface area contributed by atoms with Crippen molar-refractivity contribution in [2.24, 2.45) is 5.73 Å². The van der Waals surface area contributed by atoms with Crippen LogP contribution < -0.4 is 11.4 Å². The van der Waals surface area contributed by atoms with Gasteiger partial charge in [-0.2, -0.15) is 0 Å². The predicted octanol–water partition coefficient (Wildman–Crippen LogP) is 2.04. The smallest absolute Gasteiger partial charge is 0.320 e. The van der Waals surface area contributed by atoms with Crippen LogP contribution in [0.2, 0.25) is 0 Å². The van der Waals surface area contributed by atoms with Gasteiger partial charge in [0.2, 0.25) is 0 Å². The van der Waals surface area contributed by atoms with E-state index in [9.17, 15) is 9.18 Å². The summed E-state index contributed by atoms with van der Waals surface area (Å²) in [6, 6.07) is 11.1. The molecular formula is C14H12FN3O. The van der Waals surface area contributed by atoms with Crippen LogP contribution in [-0.4, -0.2) is 9.97 Å². The van der Waals surface area contributed by atoms with Crippen molar-refractivity contribution in [3.05, 3.63) is 69.9 Å². The van der Waals surface area contributed by atoms with Crippen molar-refractivity contribution in [3.8, 4) is 0 Å². The molecule has 1 heterocycles. The molecule has 19 heavy (non-hydrogen) atoms. The zero-order valence-corrected chi connectivity index (χ0v) is 9.98. The Kier molecular flexibility index (Phi) is 2.68. The molecule has 3 aromatic rings. The fourth-order valence-electron chi connectivity index (χ4n) is 2.15. The summed E-state index contributed by atoms with van der Waals surface area (Å²) in [5, 5.41) is 0. The highest BCUT2D eigenvalue weighted by Crippen LogP contribution is 2.23. The van der Waals surface area contributed by atoms with Gasteiger partial charge in [0, 0.05) is 5.56 Å². The molecule has 0 saturated heterocycles. The summed E-state index contributed by atoms with van der Waals surface area (Å²) >= 11 is 0. The largest absolute Gasteiger partial charge is 0.323 e. The molecule has 5 heteroatoms. The van der Waals surface area contributed by atoms with Crippen molar-refractivity contribution in [1.29, 1.82) is 0 Å². The van der Waals surface area contributed by atoms with E-state index in [0.717, 1.165) is 5.56 Å². The first-order chi connectivity index (χ1) is 9.15. The van der Waals surface area contributed by atoms with Crippen molar-refractivity contribution in [1.82, 2.24) is 9.97 Å². The van der Waals surface area contributed by atoms with Crippen molar-refractivity contribution in [3.63, 3.8) is 0 Å². The minimum atomic E-state index is -0.566. The molecule has 0 aliphatic rings. The fourth-order valence-corrected chi connectivity index (χ4v) is 2.15. The topological polar surface area (TPSA) is 74.7 Å². The minimum absolute atomic E-state index is 0.272. The number of hydrogen-bond donors (Lipinski definition) is 3. The Labute approximate surface area is 108 Å². The zero-order valence-electron chi connectivity index (χ0n) is 9.98. The molecule has 1 atom stereocenters. The molecule has 0 radical (unpaired) electrons. The van der Waals surface area contributed by atoms with E-state index in [1.807, 2.05) is 0 Å². The van der Waals surface area contributed by atoms with Gasteiger partial charge in [-0.15, -0.1) is 0 Å². The number of nitrogens with two attached hydrogens (primary N) is 1. The molecule has 0 aliphatic carbocycles. The molecule has 2 aromatic carbocycles. The van der Waals surface area contributed by atoms with Gasteiger partial charge in [-0.25, -0.2) is 9.18 Å². The van der Waals surface area contributed by atoms with Crippen LogP contribution >= 0.6 is 0 Å². The lowest BCUT2D eigenvalue weighted by atomic mass is 9.99. The summed E-state index contributed by atoms with van der Waals surface area (Å²) in [7, 11) is 0. The summed E-state index contributed by atoms with van der Waals surface area (Å²) in [4.78, 5) is 16.5. The van der Waals surface area contributed by atoms with Gasteiger partial charge in [0.05, 0.1) is 17.1 Å². The van der Waals surface area contributed by atoms with Gasteiger partial charge in [-0.05, 0) is 23.8 Å². The molecule has 0 bridgehead atoms. The number of rotatable bonds is 2. The molecule has 0 saturated carbocycles. The first kappa shape index (κ1) is 11.7. The summed E-state index contributed by atoms with van der Waals surface area (Å²) in [5.74, 6) is -0.336. The molecule has 96 valence electrons. The van der Waals surface area contributed by atoms with Gasteiger partial charge in [-0.1, -0.05) is 24.3 Å². The first-order valence-electron chi connectivity index (χ1n) is 5.87. The van der Waals surface area contributed by atoms with E-state index in [-0.39, 0.29) is 11.5 Å². The van der Waals surface area contributed by atoms with Gasteiger partial charge >= 0.3 is 5.69 Å². The van der Waals surface area contributed by atoms with Gasteiger partial charge in [-0.3, -0.25) is 0 Å². The highest BCUT2D eigenvalue weighted by atomic mass is 19.1. The fraction of sp³-hybridized carbons (Fsp3) is 0.0714. The molecule has 4 nitrogen and oxygen atoms in total. The molecule has 0 fully saturated rings. The number of benzene rings is 2. The van der Waals surface area contributed by atoms with Crippen LogP contribution in [0.15, 0.2) is 47.3 Å². The molecule has 1 unspecified atom stereocenters. The number of imidazole rings is 1. The van der Waals surface area contributed by atoms with Crippen LogP contribution in [0, 0.1) is 5.82 Å². The van der Waals surface area contributed by atoms with E-state index in [0.29, 0.717) is 16.6 Å². The second-order valence-electron chi connectivity index (χ2n) is 4.38. The van der Waals surface area contributed by atoms with E-state index in [1.54, 1.807) is 36.4 Å². The average Bonchev–Trinajstić information content (AvgIpc) is 2.77. The third-order valence-corrected chi connectivity index (χ3v) is 3.14. The third kappa shape index (κ3) is 2.04. The Bertz CT molecular complexity index is 790. The second-order valence-corrected chi connectivity index (χ2v) is 4.38. The number of aromatic nitrogens is 2. The van der Waals surface area contributed by atoms with Gasteiger partial charge in [0.15, 0.2) is 0 Å². The maximum absolute atomic E-state index is 13.7. The van der Waals surface area contributed by atoms with Crippen LogP contribution in [0.25, 0.3) is 11.0 Å². The van der Waals surface area contributed by atoms with Crippen LogP contribution in [0.1, 0.15) is 17.2 Å². The Morgan fingerprint density at radius 2 is 1.79 bits per heavy atom. The van der Waals surface area contributed by atoms with Crippen LogP contribution in [-0.2, 0) is 0 Å². The number of aromatic amines is 2. The minimum Gasteiger partial charge on any atom is -0.320 e. The lowest BCUT2D eigenvalue weighted by Crippen LogP contribution is -2.13. The quantitative estimate of drug-likeness (QED) is 0.657. The second kappa shape index (κ2) is 4.37. The SMILES string of the molecule is NC(c1ccc2[nH]c(=O)[nH]c2c1)c1ccccc1F. The molecule has 0 spiro atoms. The number of halogens is 1. The zero-order chi connectivity index (χ0) is 13.4. The van der Waals surface area contributed by atoms with Crippen LogP contribution in [0.4, 0.5) is 4.39 Å². The van der Waals surface area contributed by atoms with Gasteiger partial charge in [0.1, 0.15) is 5.82 Å². The molecule has 0 aliphatic heterocycles. The predicted molar refractivity (Wildman–Crippen MR) is 71.3 cm³/mol. The maximum atomic E-state index is 13.7. The standard InChI is InChI=1S/C14H12FN3O/c15-10-4-2-1-3-9(10)13(16)8-5-6-11-12(7-8)18-14(19)17-11/h1-7,13H,16H2,(H2,17,18,19).